The Morgan fingerprint density at radius 1 is 0.957 bits per heavy atom. The maximum Gasteiger partial charge on any atom is 0.204 e. The molecule has 0 radical (unpaired) electrons. The first kappa shape index (κ1) is 15.3. The van der Waals surface area contributed by atoms with Gasteiger partial charge in [0.15, 0.2) is 11.5 Å². The molecule has 0 aromatic heterocycles. The Hall–Kier alpha value is -2.62. The van der Waals surface area contributed by atoms with Crippen molar-refractivity contribution in [1.82, 2.24) is 0 Å². The summed E-state index contributed by atoms with van der Waals surface area (Å²) in [6, 6.07) is 12.2. The van der Waals surface area contributed by atoms with Gasteiger partial charge in [0.1, 0.15) is 12.4 Å². The lowest BCUT2D eigenvalue weighted by Gasteiger charge is -2.23. The topological polar surface area (TPSA) is 36.9 Å². The maximum absolute atomic E-state index is 5.91. The molecule has 1 aliphatic heterocycles. The summed E-state index contributed by atoms with van der Waals surface area (Å²) < 4.78 is 22.3. The van der Waals surface area contributed by atoms with E-state index in [4.69, 9.17) is 18.9 Å². The van der Waals surface area contributed by atoms with E-state index >= 15 is 0 Å². The summed E-state index contributed by atoms with van der Waals surface area (Å²) in [5, 5.41) is 0. The highest BCUT2D eigenvalue weighted by Crippen LogP contribution is 2.47. The zero-order valence-corrected chi connectivity index (χ0v) is 13.6. The van der Waals surface area contributed by atoms with Gasteiger partial charge in [-0.05, 0) is 23.6 Å². The first-order valence-corrected chi connectivity index (χ1v) is 7.46. The van der Waals surface area contributed by atoms with Gasteiger partial charge < -0.3 is 18.9 Å². The Morgan fingerprint density at radius 2 is 1.70 bits per heavy atom. The van der Waals surface area contributed by atoms with Crippen LogP contribution in [0.15, 0.2) is 42.0 Å². The SMILES string of the molecule is COc1cc2c(c(OC)c1OC)C=C(Cc1ccccc1)CO2. The van der Waals surface area contributed by atoms with E-state index in [1.165, 1.54) is 11.1 Å². The van der Waals surface area contributed by atoms with Gasteiger partial charge in [0.25, 0.3) is 0 Å². The van der Waals surface area contributed by atoms with Gasteiger partial charge in [0.05, 0.1) is 26.9 Å². The van der Waals surface area contributed by atoms with Crippen molar-refractivity contribution < 1.29 is 18.9 Å². The van der Waals surface area contributed by atoms with E-state index in [0.29, 0.717) is 23.9 Å². The lowest BCUT2D eigenvalue weighted by molar-refractivity contribution is 0.307. The van der Waals surface area contributed by atoms with E-state index in [2.05, 4.69) is 18.2 Å². The van der Waals surface area contributed by atoms with Crippen molar-refractivity contribution in [2.24, 2.45) is 0 Å². The molecular weight excluding hydrogens is 292 g/mol. The summed E-state index contributed by atoms with van der Waals surface area (Å²) in [5.41, 5.74) is 3.33. The van der Waals surface area contributed by atoms with Crippen LogP contribution in [-0.2, 0) is 6.42 Å². The van der Waals surface area contributed by atoms with E-state index in [1.54, 1.807) is 21.3 Å². The molecule has 0 N–H and O–H groups in total. The Labute approximate surface area is 136 Å². The number of hydrogen-bond acceptors (Lipinski definition) is 4. The summed E-state index contributed by atoms with van der Waals surface area (Å²) in [4.78, 5) is 0. The minimum atomic E-state index is 0.556. The molecule has 0 saturated carbocycles. The fourth-order valence-corrected chi connectivity index (χ4v) is 2.79. The van der Waals surface area contributed by atoms with Gasteiger partial charge in [-0.3, -0.25) is 0 Å². The summed E-state index contributed by atoms with van der Waals surface area (Å²) in [7, 11) is 4.82. The van der Waals surface area contributed by atoms with Gasteiger partial charge in [-0.1, -0.05) is 30.3 Å². The van der Waals surface area contributed by atoms with E-state index in [9.17, 15) is 0 Å². The highest BCUT2D eigenvalue weighted by molar-refractivity contribution is 5.75. The lowest BCUT2D eigenvalue weighted by Crippen LogP contribution is -2.11. The quantitative estimate of drug-likeness (QED) is 0.843. The standard InChI is InChI=1S/C19H20O4/c1-20-17-11-16-15(18(21-2)19(17)22-3)10-14(12-23-16)9-13-7-5-4-6-8-13/h4-8,10-11H,9,12H2,1-3H3. The number of ether oxygens (including phenoxy) is 4. The number of rotatable bonds is 5. The molecule has 23 heavy (non-hydrogen) atoms. The minimum Gasteiger partial charge on any atom is -0.493 e. The molecule has 1 aliphatic rings. The van der Waals surface area contributed by atoms with Crippen LogP contribution >= 0.6 is 0 Å². The van der Waals surface area contributed by atoms with Crippen LogP contribution in [0.25, 0.3) is 6.08 Å². The van der Waals surface area contributed by atoms with Crippen LogP contribution in [0.3, 0.4) is 0 Å². The van der Waals surface area contributed by atoms with E-state index < -0.39 is 0 Å². The molecule has 4 heteroatoms. The summed E-state index contributed by atoms with van der Waals surface area (Å²) in [5.74, 6) is 2.56. The molecule has 120 valence electrons. The van der Waals surface area contributed by atoms with Crippen molar-refractivity contribution in [3.63, 3.8) is 0 Å². The van der Waals surface area contributed by atoms with E-state index in [-0.39, 0.29) is 0 Å². The predicted molar refractivity (Wildman–Crippen MR) is 89.7 cm³/mol. The molecule has 0 bridgehead atoms. The predicted octanol–water partition coefficient (Wildman–Crippen LogP) is 3.73. The van der Waals surface area contributed by atoms with Gasteiger partial charge in [-0.25, -0.2) is 0 Å². The summed E-state index contributed by atoms with van der Waals surface area (Å²) >= 11 is 0. The maximum atomic E-state index is 5.91. The fraction of sp³-hybridized carbons (Fsp3) is 0.263. The average molecular weight is 312 g/mol. The van der Waals surface area contributed by atoms with Crippen molar-refractivity contribution in [3.8, 4) is 23.0 Å². The van der Waals surface area contributed by atoms with Crippen LogP contribution in [-0.4, -0.2) is 27.9 Å². The van der Waals surface area contributed by atoms with Crippen molar-refractivity contribution in [2.75, 3.05) is 27.9 Å². The van der Waals surface area contributed by atoms with Crippen LogP contribution in [0.1, 0.15) is 11.1 Å². The highest BCUT2D eigenvalue weighted by atomic mass is 16.5. The Kier molecular flexibility index (Phi) is 4.42. The molecule has 0 amide bonds. The zero-order valence-electron chi connectivity index (χ0n) is 13.6. The van der Waals surface area contributed by atoms with Crippen LogP contribution in [0, 0.1) is 0 Å². The normalized spacial score (nSPS) is 12.7. The minimum absolute atomic E-state index is 0.556. The Morgan fingerprint density at radius 3 is 2.35 bits per heavy atom. The molecule has 3 rings (SSSR count). The van der Waals surface area contributed by atoms with Crippen molar-refractivity contribution in [3.05, 3.63) is 53.1 Å². The molecule has 1 heterocycles. The summed E-state index contributed by atoms with van der Waals surface area (Å²) in [6.45, 7) is 0.556. The van der Waals surface area contributed by atoms with E-state index in [0.717, 1.165) is 17.7 Å². The number of methoxy groups -OCH3 is 3. The highest BCUT2D eigenvalue weighted by Gasteiger charge is 2.23. The van der Waals surface area contributed by atoms with Gasteiger partial charge in [0.2, 0.25) is 5.75 Å². The van der Waals surface area contributed by atoms with Crippen LogP contribution in [0.4, 0.5) is 0 Å². The van der Waals surface area contributed by atoms with Crippen LogP contribution in [0.5, 0.6) is 23.0 Å². The van der Waals surface area contributed by atoms with Crippen LogP contribution in [0.2, 0.25) is 0 Å². The molecule has 2 aromatic rings. The van der Waals surface area contributed by atoms with Gasteiger partial charge in [-0.2, -0.15) is 0 Å². The lowest BCUT2D eigenvalue weighted by atomic mass is 10.00. The summed E-state index contributed by atoms with van der Waals surface area (Å²) in [6.07, 6.45) is 2.96. The van der Waals surface area contributed by atoms with Gasteiger partial charge >= 0.3 is 0 Å². The number of benzene rings is 2. The Bertz CT molecular complexity index is 720. The molecule has 4 nitrogen and oxygen atoms in total. The molecule has 0 saturated heterocycles. The monoisotopic (exact) mass is 312 g/mol. The van der Waals surface area contributed by atoms with Crippen molar-refractivity contribution >= 4 is 6.08 Å². The molecule has 0 spiro atoms. The number of fused-ring (bicyclic) bond motifs is 1. The van der Waals surface area contributed by atoms with Crippen LogP contribution < -0.4 is 18.9 Å². The van der Waals surface area contributed by atoms with E-state index in [1.807, 2.05) is 24.3 Å². The molecule has 0 atom stereocenters. The van der Waals surface area contributed by atoms with Crippen molar-refractivity contribution in [1.29, 1.82) is 0 Å². The van der Waals surface area contributed by atoms with Gasteiger partial charge in [0, 0.05) is 6.07 Å². The fourth-order valence-electron chi connectivity index (χ4n) is 2.79. The first-order chi connectivity index (χ1) is 11.3. The largest absolute Gasteiger partial charge is 0.493 e. The molecular formula is C19H20O4. The second-order valence-corrected chi connectivity index (χ2v) is 5.31. The smallest absolute Gasteiger partial charge is 0.204 e. The molecule has 0 fully saturated rings. The third kappa shape index (κ3) is 2.97. The zero-order chi connectivity index (χ0) is 16.2. The molecule has 2 aromatic carbocycles. The average Bonchev–Trinajstić information content (AvgIpc) is 2.60. The third-order valence-corrected chi connectivity index (χ3v) is 3.87. The first-order valence-electron chi connectivity index (χ1n) is 7.46. The second-order valence-electron chi connectivity index (χ2n) is 5.31. The van der Waals surface area contributed by atoms with Crippen molar-refractivity contribution in [2.45, 2.75) is 6.42 Å². The third-order valence-electron chi connectivity index (χ3n) is 3.87. The van der Waals surface area contributed by atoms with Gasteiger partial charge in [-0.15, -0.1) is 0 Å². The molecule has 0 aliphatic carbocycles. The number of hydrogen-bond donors (Lipinski definition) is 0. The Balaban J connectivity index is 2.01. The molecule has 0 unspecified atom stereocenters. The second kappa shape index (κ2) is 6.65.